The van der Waals surface area contributed by atoms with E-state index in [1.54, 1.807) is 62.6 Å². The highest BCUT2D eigenvalue weighted by Gasteiger charge is 2.21. The van der Waals surface area contributed by atoms with Gasteiger partial charge < -0.3 is 20.9 Å². The maximum Gasteiger partial charge on any atom is 0.273 e. The number of benzene rings is 2. The molecule has 4 N–H and O–H groups in total. The molecule has 0 radical (unpaired) electrons. The monoisotopic (exact) mass is 546 g/mol. The fraction of sp³-hybridized carbons (Fsp3) is 0.136. The second kappa shape index (κ2) is 10.9. The van der Waals surface area contributed by atoms with Crippen LogP contribution in [0.25, 0.3) is 0 Å². The lowest BCUT2D eigenvalue weighted by Gasteiger charge is -2.14. The van der Waals surface area contributed by atoms with Crippen LogP contribution in [0.15, 0.2) is 53.0 Å². The highest BCUT2D eigenvalue weighted by Crippen LogP contribution is 2.25. The van der Waals surface area contributed by atoms with Crippen LogP contribution in [-0.2, 0) is 4.79 Å². The van der Waals surface area contributed by atoms with Gasteiger partial charge in [-0.05, 0) is 40.2 Å². The fourth-order valence-corrected chi connectivity index (χ4v) is 3.52. The molecule has 34 heavy (non-hydrogen) atoms. The van der Waals surface area contributed by atoms with Crippen molar-refractivity contribution in [1.29, 1.82) is 0 Å². The van der Waals surface area contributed by atoms with E-state index < -0.39 is 17.7 Å². The Kier molecular flexibility index (Phi) is 8.03. The van der Waals surface area contributed by atoms with Gasteiger partial charge in [0, 0.05) is 14.1 Å². The molecule has 2 aromatic carbocycles. The van der Waals surface area contributed by atoms with Gasteiger partial charge in [-0.15, -0.1) is 0 Å². The molecule has 0 saturated heterocycles. The lowest BCUT2D eigenvalue weighted by atomic mass is 10.1. The third-order valence-corrected chi connectivity index (χ3v) is 5.63. The molecule has 0 aliphatic carbocycles. The van der Waals surface area contributed by atoms with E-state index in [0.717, 1.165) is 0 Å². The Morgan fingerprint density at radius 2 is 1.62 bits per heavy atom. The average Bonchev–Trinajstić information content (AvgIpc) is 3.17. The second-order valence-electron chi connectivity index (χ2n) is 7.17. The SMILES string of the molecule is CN(C)C(=O)c1ccccc1NC(=O)CNC(=O)c1n[nH]c(NC(=O)c2ccccc2Cl)c1Br. The third kappa shape index (κ3) is 5.80. The topological polar surface area (TPSA) is 136 Å². The maximum atomic E-state index is 12.5. The summed E-state index contributed by atoms with van der Waals surface area (Å²) in [5.41, 5.74) is 0.832. The first-order chi connectivity index (χ1) is 16.2. The van der Waals surface area contributed by atoms with Crippen LogP contribution in [0.5, 0.6) is 0 Å². The molecule has 0 fully saturated rings. The molecule has 1 aromatic heterocycles. The van der Waals surface area contributed by atoms with Crippen LogP contribution in [0.4, 0.5) is 11.5 Å². The van der Waals surface area contributed by atoms with Gasteiger partial charge in [0.1, 0.15) is 5.82 Å². The number of aromatic nitrogens is 2. The summed E-state index contributed by atoms with van der Waals surface area (Å²) in [7, 11) is 3.21. The van der Waals surface area contributed by atoms with Crippen molar-refractivity contribution >= 4 is 62.7 Å². The number of H-pyrrole nitrogens is 1. The first-order valence-corrected chi connectivity index (χ1v) is 11.0. The van der Waals surface area contributed by atoms with Crippen molar-refractivity contribution in [2.45, 2.75) is 0 Å². The number of amides is 4. The van der Waals surface area contributed by atoms with E-state index in [9.17, 15) is 19.2 Å². The van der Waals surface area contributed by atoms with Crippen molar-refractivity contribution in [2.75, 3.05) is 31.3 Å². The first kappa shape index (κ1) is 24.9. The zero-order valence-electron chi connectivity index (χ0n) is 18.1. The Bertz CT molecular complexity index is 1260. The van der Waals surface area contributed by atoms with E-state index >= 15 is 0 Å². The highest BCUT2D eigenvalue weighted by molar-refractivity contribution is 9.10. The number of carbonyl (C=O) groups is 4. The molecule has 0 aliphatic heterocycles. The molecule has 0 saturated carbocycles. The molecular weight excluding hydrogens is 528 g/mol. The van der Waals surface area contributed by atoms with Gasteiger partial charge in [0.2, 0.25) is 5.91 Å². The molecule has 0 aliphatic rings. The van der Waals surface area contributed by atoms with Crippen molar-refractivity contribution in [3.63, 3.8) is 0 Å². The van der Waals surface area contributed by atoms with Gasteiger partial charge >= 0.3 is 0 Å². The van der Waals surface area contributed by atoms with Gasteiger partial charge in [-0.3, -0.25) is 24.3 Å². The fourth-order valence-electron chi connectivity index (χ4n) is 2.85. The molecule has 12 heteroatoms. The Morgan fingerprint density at radius 1 is 0.971 bits per heavy atom. The molecule has 0 spiro atoms. The zero-order chi connectivity index (χ0) is 24.8. The second-order valence-corrected chi connectivity index (χ2v) is 8.37. The summed E-state index contributed by atoms with van der Waals surface area (Å²) in [5.74, 6) is -1.81. The summed E-state index contributed by atoms with van der Waals surface area (Å²) >= 11 is 9.26. The van der Waals surface area contributed by atoms with Gasteiger partial charge in [0.15, 0.2) is 5.69 Å². The van der Waals surface area contributed by atoms with Crippen molar-refractivity contribution in [1.82, 2.24) is 20.4 Å². The molecule has 176 valence electrons. The Balaban J connectivity index is 1.62. The molecule has 3 rings (SSSR count). The van der Waals surface area contributed by atoms with Crippen LogP contribution < -0.4 is 16.0 Å². The molecule has 0 unspecified atom stereocenters. The van der Waals surface area contributed by atoms with Gasteiger partial charge in [-0.2, -0.15) is 5.10 Å². The predicted octanol–water partition coefficient (Wildman–Crippen LogP) is 3.15. The quantitative estimate of drug-likeness (QED) is 0.360. The maximum absolute atomic E-state index is 12.5. The minimum absolute atomic E-state index is 0.0644. The minimum atomic E-state index is -0.658. The van der Waals surface area contributed by atoms with Crippen molar-refractivity contribution < 1.29 is 19.2 Å². The summed E-state index contributed by atoms with van der Waals surface area (Å²) in [6, 6.07) is 13.1. The highest BCUT2D eigenvalue weighted by atomic mass is 79.9. The summed E-state index contributed by atoms with van der Waals surface area (Å²) in [4.78, 5) is 51.0. The normalized spacial score (nSPS) is 10.4. The van der Waals surface area contributed by atoms with E-state index in [2.05, 4.69) is 42.1 Å². The molecule has 0 bridgehead atoms. The molecule has 0 atom stereocenters. The van der Waals surface area contributed by atoms with Gasteiger partial charge in [0.25, 0.3) is 17.7 Å². The molecule has 3 aromatic rings. The summed E-state index contributed by atoms with van der Waals surface area (Å²) in [6.45, 7) is -0.371. The number of para-hydroxylation sites is 1. The van der Waals surface area contributed by atoms with Crippen molar-refractivity contribution in [3.05, 3.63) is 74.8 Å². The number of hydrogen-bond acceptors (Lipinski definition) is 5. The smallest absolute Gasteiger partial charge is 0.273 e. The molecular formula is C22H20BrClN6O4. The first-order valence-electron chi connectivity index (χ1n) is 9.87. The molecule has 4 amide bonds. The van der Waals surface area contributed by atoms with Crippen LogP contribution in [0.1, 0.15) is 31.2 Å². The minimum Gasteiger partial charge on any atom is -0.345 e. The number of aromatic amines is 1. The number of halogens is 2. The summed E-state index contributed by atoms with van der Waals surface area (Å²) < 4.78 is 0.202. The van der Waals surface area contributed by atoms with Crippen LogP contribution in [0.2, 0.25) is 5.02 Å². The van der Waals surface area contributed by atoms with E-state index in [1.807, 2.05) is 0 Å². The number of hydrogen-bond donors (Lipinski definition) is 4. The largest absolute Gasteiger partial charge is 0.345 e. The van der Waals surface area contributed by atoms with E-state index in [0.29, 0.717) is 11.3 Å². The Morgan fingerprint density at radius 3 is 2.29 bits per heavy atom. The van der Waals surface area contributed by atoms with Gasteiger partial charge in [0.05, 0.1) is 32.9 Å². The lowest BCUT2D eigenvalue weighted by molar-refractivity contribution is -0.115. The van der Waals surface area contributed by atoms with E-state index in [1.165, 1.54) is 4.90 Å². The van der Waals surface area contributed by atoms with Gasteiger partial charge in [-0.25, -0.2) is 0 Å². The van der Waals surface area contributed by atoms with Gasteiger partial charge in [-0.1, -0.05) is 35.9 Å². The van der Waals surface area contributed by atoms with Crippen LogP contribution in [-0.4, -0.2) is 59.4 Å². The number of nitrogens with one attached hydrogen (secondary N) is 4. The van der Waals surface area contributed by atoms with Crippen LogP contribution in [0.3, 0.4) is 0 Å². The number of rotatable bonds is 7. The van der Waals surface area contributed by atoms with Crippen LogP contribution >= 0.6 is 27.5 Å². The average molecular weight is 548 g/mol. The third-order valence-electron chi connectivity index (χ3n) is 4.53. The standard InChI is InChI=1S/C22H20BrClN6O4/c1-30(2)22(34)13-8-4-6-10-15(13)26-16(31)11-25-21(33)18-17(23)19(29-28-18)27-20(32)12-7-3-5-9-14(12)24/h3-10H,11H2,1-2H3,(H,25,33)(H,26,31)(H2,27,28,29,32). The van der Waals surface area contributed by atoms with Crippen molar-refractivity contribution in [3.8, 4) is 0 Å². The zero-order valence-corrected chi connectivity index (χ0v) is 20.5. The number of nitrogens with zero attached hydrogens (tertiary/aromatic N) is 2. The Labute approximate surface area is 208 Å². The lowest BCUT2D eigenvalue weighted by Crippen LogP contribution is -2.34. The van der Waals surface area contributed by atoms with E-state index in [-0.39, 0.29) is 39.0 Å². The molecule has 10 nitrogen and oxygen atoms in total. The predicted molar refractivity (Wildman–Crippen MR) is 131 cm³/mol. The van der Waals surface area contributed by atoms with Crippen molar-refractivity contribution in [2.24, 2.45) is 0 Å². The number of carbonyl (C=O) groups excluding carboxylic acids is 4. The summed E-state index contributed by atoms with van der Waals surface area (Å²) in [6.07, 6.45) is 0. The van der Waals surface area contributed by atoms with E-state index in [4.69, 9.17) is 11.6 Å². The molecule has 1 heterocycles. The van der Waals surface area contributed by atoms with Crippen LogP contribution in [0, 0.1) is 0 Å². The Hall–Kier alpha value is -3.70. The number of anilines is 2. The summed E-state index contributed by atoms with van der Waals surface area (Å²) in [5, 5.41) is 14.4.